The summed E-state index contributed by atoms with van der Waals surface area (Å²) in [5.41, 5.74) is 1.00. The highest BCUT2D eigenvalue weighted by molar-refractivity contribution is 7.91. The molecule has 1 heterocycles. The Hall–Kier alpha value is -0.430. The Morgan fingerprint density at radius 2 is 2.18 bits per heavy atom. The maximum absolute atomic E-state index is 12.0. The van der Waals surface area contributed by atoms with E-state index >= 15 is 0 Å². The third-order valence-corrected chi connectivity index (χ3v) is 5.43. The largest absolute Gasteiger partial charge is 0.316 e. The van der Waals surface area contributed by atoms with Gasteiger partial charge < -0.3 is 5.32 Å². The molecular formula is C11H20N2O2S2. The van der Waals surface area contributed by atoms with Crippen LogP contribution in [-0.4, -0.2) is 21.5 Å². The number of rotatable bonds is 7. The minimum atomic E-state index is -3.34. The van der Waals surface area contributed by atoms with Crippen LogP contribution in [0.3, 0.4) is 0 Å². The number of sulfonamides is 1. The van der Waals surface area contributed by atoms with E-state index in [1.807, 2.05) is 26.3 Å². The van der Waals surface area contributed by atoms with Crippen molar-refractivity contribution in [2.75, 3.05) is 7.05 Å². The van der Waals surface area contributed by atoms with Crippen LogP contribution in [0, 0.1) is 0 Å². The SMILES string of the molecule is CCCC(C)NS(=O)(=O)c1cc(CNC)cs1. The van der Waals surface area contributed by atoms with Crippen molar-refractivity contribution in [2.24, 2.45) is 0 Å². The summed E-state index contributed by atoms with van der Waals surface area (Å²) in [4.78, 5) is 0. The van der Waals surface area contributed by atoms with Crippen LogP contribution in [0.2, 0.25) is 0 Å². The molecule has 0 aromatic carbocycles. The summed E-state index contributed by atoms with van der Waals surface area (Å²) in [6.07, 6.45) is 1.83. The fourth-order valence-corrected chi connectivity index (χ4v) is 4.11. The second-order valence-corrected chi connectivity index (χ2v) is 6.97. The van der Waals surface area contributed by atoms with Crippen molar-refractivity contribution < 1.29 is 8.42 Å². The normalized spacial score (nSPS) is 13.8. The average molecular weight is 276 g/mol. The molecule has 0 amide bonds. The van der Waals surface area contributed by atoms with E-state index in [4.69, 9.17) is 0 Å². The van der Waals surface area contributed by atoms with Gasteiger partial charge in [-0.25, -0.2) is 13.1 Å². The predicted octanol–water partition coefficient (Wildman–Crippen LogP) is 1.93. The van der Waals surface area contributed by atoms with Gasteiger partial charge in [-0.3, -0.25) is 0 Å². The summed E-state index contributed by atoms with van der Waals surface area (Å²) >= 11 is 1.27. The molecule has 2 N–H and O–H groups in total. The molecule has 0 radical (unpaired) electrons. The summed E-state index contributed by atoms with van der Waals surface area (Å²) in [5.74, 6) is 0. The van der Waals surface area contributed by atoms with Gasteiger partial charge in [0.1, 0.15) is 4.21 Å². The van der Waals surface area contributed by atoms with E-state index in [0.717, 1.165) is 18.4 Å². The first-order chi connectivity index (χ1) is 7.99. The zero-order valence-electron chi connectivity index (χ0n) is 10.5. The first-order valence-electron chi connectivity index (χ1n) is 5.74. The van der Waals surface area contributed by atoms with Crippen LogP contribution < -0.4 is 10.0 Å². The Bertz CT molecular complexity index is 440. The molecule has 1 aromatic rings. The van der Waals surface area contributed by atoms with Gasteiger partial charge in [0.15, 0.2) is 0 Å². The smallest absolute Gasteiger partial charge is 0.250 e. The Labute approximate surface area is 107 Å². The quantitative estimate of drug-likeness (QED) is 0.800. The van der Waals surface area contributed by atoms with E-state index in [2.05, 4.69) is 10.0 Å². The highest BCUT2D eigenvalue weighted by Crippen LogP contribution is 2.20. The highest BCUT2D eigenvalue weighted by Gasteiger charge is 2.18. The lowest BCUT2D eigenvalue weighted by atomic mass is 10.2. The minimum Gasteiger partial charge on any atom is -0.316 e. The third kappa shape index (κ3) is 4.39. The van der Waals surface area contributed by atoms with Gasteiger partial charge in [-0.1, -0.05) is 13.3 Å². The van der Waals surface area contributed by atoms with Crippen molar-refractivity contribution in [3.63, 3.8) is 0 Å². The number of thiophene rings is 1. The number of nitrogens with one attached hydrogen (secondary N) is 2. The summed E-state index contributed by atoms with van der Waals surface area (Å²) in [6, 6.07) is 1.71. The van der Waals surface area contributed by atoms with E-state index in [1.165, 1.54) is 11.3 Å². The summed E-state index contributed by atoms with van der Waals surface area (Å²) in [7, 11) is -1.50. The van der Waals surface area contributed by atoms with Crippen LogP contribution in [0.5, 0.6) is 0 Å². The maximum atomic E-state index is 12.0. The van der Waals surface area contributed by atoms with Crippen LogP contribution in [0.1, 0.15) is 32.3 Å². The minimum absolute atomic E-state index is 0.0140. The Morgan fingerprint density at radius 1 is 1.47 bits per heavy atom. The molecule has 6 heteroatoms. The number of hydrogen-bond donors (Lipinski definition) is 2. The Kier molecular flexibility index (Phi) is 5.58. The van der Waals surface area contributed by atoms with Gasteiger partial charge in [0.05, 0.1) is 0 Å². The molecule has 0 saturated heterocycles. The van der Waals surface area contributed by atoms with Gasteiger partial charge in [0.25, 0.3) is 0 Å². The van der Waals surface area contributed by atoms with Crippen molar-refractivity contribution in [2.45, 2.75) is 43.5 Å². The van der Waals surface area contributed by atoms with Crippen molar-refractivity contribution in [1.29, 1.82) is 0 Å². The van der Waals surface area contributed by atoms with Crippen LogP contribution in [0.4, 0.5) is 0 Å². The second kappa shape index (κ2) is 6.49. The molecule has 17 heavy (non-hydrogen) atoms. The zero-order chi connectivity index (χ0) is 12.9. The zero-order valence-corrected chi connectivity index (χ0v) is 12.1. The maximum Gasteiger partial charge on any atom is 0.250 e. The van der Waals surface area contributed by atoms with Crippen LogP contribution >= 0.6 is 11.3 Å². The molecule has 0 fully saturated rings. The lowest BCUT2D eigenvalue weighted by molar-refractivity contribution is 0.545. The lowest BCUT2D eigenvalue weighted by Crippen LogP contribution is -2.31. The monoisotopic (exact) mass is 276 g/mol. The molecule has 0 bridgehead atoms. The molecule has 1 atom stereocenters. The van der Waals surface area contributed by atoms with Gasteiger partial charge >= 0.3 is 0 Å². The summed E-state index contributed by atoms with van der Waals surface area (Å²) in [6.45, 7) is 4.63. The van der Waals surface area contributed by atoms with Crippen molar-refractivity contribution in [1.82, 2.24) is 10.0 Å². The molecule has 1 aromatic heterocycles. The molecular weight excluding hydrogens is 256 g/mol. The standard InChI is InChI=1S/C11H20N2O2S2/c1-4-5-9(2)13-17(14,15)11-6-10(7-12-3)8-16-11/h6,8-9,12-13H,4-5,7H2,1-3H3. The summed E-state index contributed by atoms with van der Waals surface area (Å²) < 4.78 is 27.1. The third-order valence-electron chi connectivity index (χ3n) is 2.35. The Balaban J connectivity index is 2.75. The molecule has 0 spiro atoms. The van der Waals surface area contributed by atoms with Gasteiger partial charge in [0, 0.05) is 12.6 Å². The van der Waals surface area contributed by atoms with Crippen molar-refractivity contribution in [3.05, 3.63) is 17.0 Å². The predicted molar refractivity (Wildman–Crippen MR) is 71.8 cm³/mol. The fraction of sp³-hybridized carbons (Fsp3) is 0.636. The van der Waals surface area contributed by atoms with Gasteiger partial charge in [-0.2, -0.15) is 0 Å². The van der Waals surface area contributed by atoms with E-state index in [1.54, 1.807) is 6.07 Å². The van der Waals surface area contributed by atoms with Crippen molar-refractivity contribution >= 4 is 21.4 Å². The van der Waals surface area contributed by atoms with Crippen LogP contribution in [0.25, 0.3) is 0 Å². The molecule has 4 nitrogen and oxygen atoms in total. The van der Waals surface area contributed by atoms with Crippen molar-refractivity contribution in [3.8, 4) is 0 Å². The van der Waals surface area contributed by atoms with Gasteiger partial charge in [0.2, 0.25) is 10.0 Å². The molecule has 1 unspecified atom stereocenters. The fourth-order valence-electron chi connectivity index (χ4n) is 1.61. The molecule has 1 rings (SSSR count). The first-order valence-corrected chi connectivity index (χ1v) is 8.10. The average Bonchev–Trinajstić information content (AvgIpc) is 2.67. The molecule has 0 saturated carbocycles. The molecule has 0 aliphatic rings. The van der Waals surface area contributed by atoms with Gasteiger partial charge in [-0.15, -0.1) is 11.3 Å². The van der Waals surface area contributed by atoms with E-state index in [0.29, 0.717) is 10.8 Å². The molecule has 0 aliphatic heterocycles. The van der Waals surface area contributed by atoms with Crippen LogP contribution in [-0.2, 0) is 16.6 Å². The molecule has 98 valence electrons. The second-order valence-electron chi connectivity index (χ2n) is 4.12. The van der Waals surface area contributed by atoms with Crippen LogP contribution in [0.15, 0.2) is 15.7 Å². The molecule has 0 aliphatic carbocycles. The Morgan fingerprint density at radius 3 is 2.76 bits per heavy atom. The topological polar surface area (TPSA) is 58.2 Å². The highest BCUT2D eigenvalue weighted by atomic mass is 32.2. The van der Waals surface area contributed by atoms with Gasteiger partial charge in [-0.05, 0) is 37.4 Å². The first kappa shape index (κ1) is 14.6. The van der Waals surface area contributed by atoms with E-state index in [-0.39, 0.29) is 6.04 Å². The summed E-state index contributed by atoms with van der Waals surface area (Å²) in [5, 5.41) is 4.87. The van der Waals surface area contributed by atoms with E-state index < -0.39 is 10.0 Å². The number of hydrogen-bond acceptors (Lipinski definition) is 4. The van der Waals surface area contributed by atoms with E-state index in [9.17, 15) is 8.42 Å². The lowest BCUT2D eigenvalue weighted by Gasteiger charge is -2.11.